The molecule has 3 aromatic rings. The van der Waals surface area contributed by atoms with Crippen molar-refractivity contribution in [1.29, 1.82) is 0 Å². The van der Waals surface area contributed by atoms with Crippen molar-refractivity contribution in [3.05, 3.63) is 74.8 Å². The van der Waals surface area contributed by atoms with Gasteiger partial charge in [-0.15, -0.1) is 6.58 Å². The number of ether oxygens (including phenoxy) is 3. The highest BCUT2D eigenvalue weighted by Crippen LogP contribution is 2.34. The summed E-state index contributed by atoms with van der Waals surface area (Å²) in [5.74, 6) is 0.941. The van der Waals surface area contributed by atoms with Gasteiger partial charge in [0, 0.05) is 16.5 Å². The predicted molar refractivity (Wildman–Crippen MR) is 144 cm³/mol. The minimum atomic E-state index is -0.824. The summed E-state index contributed by atoms with van der Waals surface area (Å²) in [5, 5.41) is 5.00. The standard InChI is InChI=1S/C27H30BrN3O5/c1-6-8-10-24-30-22-12-11-20(28)15-21(22)26(32)31(24)29-16-18-13-19(9-7-2)25(23(14-18)34-4)36-17(3)27(33)35-5/h7,11-17H,2,6,8-10H2,1,3-5H3/t17-/m0/s1. The zero-order valence-electron chi connectivity index (χ0n) is 20.9. The molecule has 1 aromatic heterocycles. The molecule has 9 heteroatoms. The van der Waals surface area contributed by atoms with Crippen molar-refractivity contribution >= 4 is 39.0 Å². The van der Waals surface area contributed by atoms with E-state index in [9.17, 15) is 9.59 Å². The molecule has 0 amide bonds. The van der Waals surface area contributed by atoms with E-state index >= 15 is 0 Å². The van der Waals surface area contributed by atoms with Gasteiger partial charge in [0.15, 0.2) is 17.6 Å². The third-order valence-electron chi connectivity index (χ3n) is 5.52. The molecule has 36 heavy (non-hydrogen) atoms. The molecule has 2 aromatic carbocycles. The smallest absolute Gasteiger partial charge is 0.346 e. The summed E-state index contributed by atoms with van der Waals surface area (Å²) in [6.45, 7) is 7.50. The first-order valence-corrected chi connectivity index (χ1v) is 12.4. The monoisotopic (exact) mass is 555 g/mol. The number of carbonyl (C=O) groups is 1. The summed E-state index contributed by atoms with van der Waals surface area (Å²) >= 11 is 3.43. The van der Waals surface area contributed by atoms with Gasteiger partial charge in [-0.2, -0.15) is 9.78 Å². The Morgan fingerprint density at radius 3 is 2.72 bits per heavy atom. The van der Waals surface area contributed by atoms with Crippen LogP contribution in [-0.4, -0.2) is 42.2 Å². The van der Waals surface area contributed by atoms with Gasteiger partial charge in [-0.1, -0.05) is 35.4 Å². The van der Waals surface area contributed by atoms with Crippen LogP contribution in [0.15, 0.2) is 57.4 Å². The summed E-state index contributed by atoms with van der Waals surface area (Å²) in [5.41, 5.74) is 1.83. The molecule has 0 radical (unpaired) electrons. The fourth-order valence-corrected chi connectivity index (χ4v) is 4.04. The van der Waals surface area contributed by atoms with E-state index < -0.39 is 12.1 Å². The van der Waals surface area contributed by atoms with Gasteiger partial charge in [0.25, 0.3) is 5.56 Å². The number of hydrogen-bond donors (Lipinski definition) is 0. The zero-order valence-corrected chi connectivity index (χ0v) is 22.5. The van der Waals surface area contributed by atoms with Crippen molar-refractivity contribution in [1.82, 2.24) is 9.66 Å². The lowest BCUT2D eigenvalue weighted by Crippen LogP contribution is -2.25. The molecule has 190 valence electrons. The number of aromatic nitrogens is 2. The number of aryl methyl sites for hydroxylation is 1. The Labute approximate surface area is 218 Å². The molecule has 1 atom stereocenters. The van der Waals surface area contributed by atoms with Crippen LogP contribution >= 0.6 is 15.9 Å². The lowest BCUT2D eigenvalue weighted by Gasteiger charge is -2.18. The number of halogens is 1. The SMILES string of the molecule is C=CCc1cc(C=Nn2c(CCCC)nc3ccc(Br)cc3c2=O)cc(OC)c1O[C@@H](C)C(=O)OC. The van der Waals surface area contributed by atoms with Gasteiger partial charge >= 0.3 is 5.97 Å². The molecular weight excluding hydrogens is 526 g/mol. The number of carbonyl (C=O) groups excluding carboxylic acids is 1. The van der Waals surface area contributed by atoms with E-state index in [1.807, 2.05) is 18.2 Å². The van der Waals surface area contributed by atoms with Crippen molar-refractivity contribution in [2.24, 2.45) is 5.10 Å². The van der Waals surface area contributed by atoms with Crippen LogP contribution in [0.4, 0.5) is 0 Å². The molecule has 0 saturated heterocycles. The lowest BCUT2D eigenvalue weighted by atomic mass is 10.1. The van der Waals surface area contributed by atoms with Gasteiger partial charge in [-0.3, -0.25) is 4.79 Å². The second-order valence-corrected chi connectivity index (χ2v) is 9.06. The van der Waals surface area contributed by atoms with Crippen LogP contribution < -0.4 is 15.0 Å². The van der Waals surface area contributed by atoms with E-state index in [1.165, 1.54) is 18.9 Å². The Bertz CT molecular complexity index is 1350. The summed E-state index contributed by atoms with van der Waals surface area (Å²) in [6, 6.07) is 9.03. The third kappa shape index (κ3) is 6.20. The van der Waals surface area contributed by atoms with Crippen molar-refractivity contribution in [3.8, 4) is 11.5 Å². The molecule has 0 spiro atoms. The third-order valence-corrected chi connectivity index (χ3v) is 6.01. The Kier molecular flexibility index (Phi) is 9.41. The molecule has 8 nitrogen and oxygen atoms in total. The van der Waals surface area contributed by atoms with Gasteiger partial charge in [-0.25, -0.2) is 9.78 Å². The highest BCUT2D eigenvalue weighted by atomic mass is 79.9. The van der Waals surface area contributed by atoms with Gasteiger partial charge < -0.3 is 14.2 Å². The normalized spacial score (nSPS) is 12.0. The average molecular weight is 556 g/mol. The highest BCUT2D eigenvalue weighted by Gasteiger charge is 2.20. The first kappa shape index (κ1) is 27.1. The van der Waals surface area contributed by atoms with E-state index in [0.29, 0.717) is 46.6 Å². The maximum atomic E-state index is 13.3. The number of methoxy groups -OCH3 is 2. The van der Waals surface area contributed by atoms with Crippen molar-refractivity contribution in [3.63, 3.8) is 0 Å². The maximum Gasteiger partial charge on any atom is 0.346 e. The zero-order chi connectivity index (χ0) is 26.2. The minimum Gasteiger partial charge on any atom is -0.493 e. The molecule has 0 aliphatic rings. The topological polar surface area (TPSA) is 92.0 Å². The number of unbranched alkanes of at least 4 members (excludes halogenated alkanes) is 1. The van der Waals surface area contributed by atoms with E-state index in [1.54, 1.807) is 31.3 Å². The van der Waals surface area contributed by atoms with Crippen LogP contribution in [0.3, 0.4) is 0 Å². The molecule has 0 unspecified atom stereocenters. The second kappa shape index (κ2) is 12.5. The number of benzene rings is 2. The molecule has 0 fully saturated rings. The summed E-state index contributed by atoms with van der Waals surface area (Å²) in [7, 11) is 2.82. The van der Waals surface area contributed by atoms with Crippen LogP contribution in [0.5, 0.6) is 11.5 Å². The Morgan fingerprint density at radius 1 is 1.28 bits per heavy atom. The molecular formula is C27H30BrN3O5. The van der Waals surface area contributed by atoms with Gasteiger partial charge in [-0.05, 0) is 55.7 Å². The average Bonchev–Trinajstić information content (AvgIpc) is 2.88. The van der Waals surface area contributed by atoms with Gasteiger partial charge in [0.1, 0.15) is 5.82 Å². The lowest BCUT2D eigenvalue weighted by molar-refractivity contribution is -0.147. The molecule has 0 saturated carbocycles. The number of fused-ring (bicyclic) bond motifs is 1. The van der Waals surface area contributed by atoms with Crippen LogP contribution in [0.1, 0.15) is 43.6 Å². The largest absolute Gasteiger partial charge is 0.493 e. The van der Waals surface area contributed by atoms with Crippen molar-refractivity contribution in [2.45, 2.75) is 45.6 Å². The molecule has 1 heterocycles. The van der Waals surface area contributed by atoms with Crippen molar-refractivity contribution < 1.29 is 19.0 Å². The second-order valence-electron chi connectivity index (χ2n) is 8.14. The number of allylic oxidation sites excluding steroid dienone is 1. The summed E-state index contributed by atoms with van der Waals surface area (Å²) < 4.78 is 18.3. The minimum absolute atomic E-state index is 0.242. The van der Waals surface area contributed by atoms with Crippen LogP contribution in [0.25, 0.3) is 10.9 Å². The number of esters is 1. The first-order valence-electron chi connectivity index (χ1n) is 11.6. The molecule has 0 N–H and O–H groups in total. The molecule has 0 bridgehead atoms. The Morgan fingerprint density at radius 2 is 2.06 bits per heavy atom. The first-order chi connectivity index (χ1) is 17.3. The number of nitrogens with zero attached hydrogens (tertiary/aromatic N) is 3. The maximum absolute atomic E-state index is 13.3. The quantitative estimate of drug-likeness (QED) is 0.186. The van der Waals surface area contributed by atoms with Crippen LogP contribution in [0.2, 0.25) is 0 Å². The van der Waals surface area contributed by atoms with Crippen LogP contribution in [0, 0.1) is 0 Å². The van der Waals surface area contributed by atoms with E-state index in [4.69, 9.17) is 19.2 Å². The molecule has 0 aliphatic carbocycles. The van der Waals surface area contributed by atoms with E-state index in [-0.39, 0.29) is 5.56 Å². The van der Waals surface area contributed by atoms with E-state index in [2.05, 4.69) is 34.5 Å². The van der Waals surface area contributed by atoms with Crippen molar-refractivity contribution in [2.75, 3.05) is 14.2 Å². The number of rotatable bonds is 11. The van der Waals surface area contributed by atoms with E-state index in [0.717, 1.165) is 22.9 Å². The fourth-order valence-electron chi connectivity index (χ4n) is 3.68. The molecule has 0 aliphatic heterocycles. The van der Waals surface area contributed by atoms with Crippen LogP contribution in [-0.2, 0) is 22.4 Å². The highest BCUT2D eigenvalue weighted by molar-refractivity contribution is 9.10. The summed E-state index contributed by atoms with van der Waals surface area (Å²) in [4.78, 5) is 29.9. The summed E-state index contributed by atoms with van der Waals surface area (Å²) in [6.07, 6.45) is 5.42. The fraction of sp³-hybridized carbons (Fsp3) is 0.333. The predicted octanol–water partition coefficient (Wildman–Crippen LogP) is 5.06. The Balaban J connectivity index is 2.09. The van der Waals surface area contributed by atoms with Gasteiger partial charge in [0.2, 0.25) is 0 Å². The number of hydrogen-bond acceptors (Lipinski definition) is 7. The molecule has 3 rings (SSSR count). The van der Waals surface area contributed by atoms with Gasteiger partial charge in [0.05, 0.1) is 31.3 Å². The Hall–Kier alpha value is -3.46.